The predicted octanol–water partition coefficient (Wildman–Crippen LogP) is 2.87. The Morgan fingerprint density at radius 2 is 1.71 bits per heavy atom. The molecule has 2 saturated heterocycles. The number of morpholine rings is 1. The van der Waals surface area contributed by atoms with Crippen LogP contribution >= 0.6 is 0 Å². The van der Waals surface area contributed by atoms with Crippen LogP contribution in [-0.4, -0.2) is 57.5 Å². The van der Waals surface area contributed by atoms with E-state index in [0.29, 0.717) is 26.2 Å². The van der Waals surface area contributed by atoms with Crippen LogP contribution in [0.2, 0.25) is 0 Å². The van der Waals surface area contributed by atoms with Gasteiger partial charge in [-0.2, -0.15) is 0 Å². The van der Waals surface area contributed by atoms with Gasteiger partial charge >= 0.3 is 0 Å². The first-order valence-electron chi connectivity index (χ1n) is 10.7. The van der Waals surface area contributed by atoms with Gasteiger partial charge < -0.3 is 9.64 Å². The van der Waals surface area contributed by atoms with E-state index in [4.69, 9.17) is 4.74 Å². The van der Waals surface area contributed by atoms with E-state index in [0.717, 1.165) is 29.8 Å². The van der Waals surface area contributed by atoms with E-state index in [2.05, 4.69) is 39.1 Å². The maximum Gasteiger partial charge on any atom is 0.257 e. The largest absolute Gasteiger partial charge is 0.361 e. The van der Waals surface area contributed by atoms with Crippen molar-refractivity contribution in [2.45, 2.75) is 24.6 Å². The van der Waals surface area contributed by atoms with Gasteiger partial charge in [-0.15, -0.1) is 0 Å². The molecule has 0 unspecified atom stereocenters. The summed E-state index contributed by atoms with van der Waals surface area (Å²) in [6.45, 7) is 3.79. The molecular weight excluding hydrogens is 388 g/mol. The summed E-state index contributed by atoms with van der Waals surface area (Å²) < 4.78 is 6.37. The van der Waals surface area contributed by atoms with Gasteiger partial charge in [-0.05, 0) is 28.8 Å². The third-order valence-corrected chi connectivity index (χ3v) is 6.26. The molecule has 158 valence electrons. The molecular formula is C25H26N4O2. The summed E-state index contributed by atoms with van der Waals surface area (Å²) >= 11 is 0. The standard InChI is InChI=1S/C25H26N4O2/c30-24-25(31-13-12-29(24)17-20-6-2-1-3-7-20)19-28(16-21-8-4-10-26-14-21)18-23(25)22-9-5-11-27-15-22/h1-11,14-15,23H,12-13,16-19H2/t23-,25+/m1/s1. The number of benzene rings is 1. The average Bonchev–Trinajstić information content (AvgIpc) is 3.17. The third-order valence-electron chi connectivity index (χ3n) is 6.26. The molecule has 0 aliphatic carbocycles. The number of likely N-dealkylation sites (tertiary alicyclic amines) is 1. The zero-order chi connectivity index (χ0) is 21.1. The van der Waals surface area contributed by atoms with Crippen molar-refractivity contribution < 1.29 is 9.53 Å². The van der Waals surface area contributed by atoms with Gasteiger partial charge in [0.05, 0.1) is 6.61 Å². The predicted molar refractivity (Wildman–Crippen MR) is 117 cm³/mol. The van der Waals surface area contributed by atoms with E-state index in [-0.39, 0.29) is 11.8 Å². The molecule has 1 aromatic carbocycles. The molecule has 0 bridgehead atoms. The maximum atomic E-state index is 13.9. The summed E-state index contributed by atoms with van der Waals surface area (Å²) in [5, 5.41) is 0. The van der Waals surface area contributed by atoms with Crippen LogP contribution in [0.1, 0.15) is 22.6 Å². The van der Waals surface area contributed by atoms with Crippen LogP contribution < -0.4 is 0 Å². The highest BCUT2D eigenvalue weighted by Gasteiger charge is 2.56. The van der Waals surface area contributed by atoms with Gasteiger partial charge in [-0.25, -0.2) is 0 Å². The lowest BCUT2D eigenvalue weighted by molar-refractivity contribution is -0.173. The van der Waals surface area contributed by atoms with E-state index in [9.17, 15) is 4.79 Å². The number of aromatic nitrogens is 2. The molecule has 2 aromatic heterocycles. The van der Waals surface area contributed by atoms with Gasteiger partial charge in [0.25, 0.3) is 5.91 Å². The highest BCUT2D eigenvalue weighted by Crippen LogP contribution is 2.42. The number of ether oxygens (including phenoxy) is 1. The summed E-state index contributed by atoms with van der Waals surface area (Å²) in [6.07, 6.45) is 7.30. The zero-order valence-electron chi connectivity index (χ0n) is 17.4. The van der Waals surface area contributed by atoms with Crippen LogP contribution in [0.5, 0.6) is 0 Å². The van der Waals surface area contributed by atoms with Gasteiger partial charge in [0.15, 0.2) is 5.60 Å². The molecule has 6 nitrogen and oxygen atoms in total. The molecule has 0 N–H and O–H groups in total. The molecule has 1 spiro atoms. The minimum atomic E-state index is -0.891. The second kappa shape index (κ2) is 8.57. The van der Waals surface area contributed by atoms with E-state index in [1.807, 2.05) is 47.6 Å². The van der Waals surface area contributed by atoms with Crippen molar-refractivity contribution in [1.29, 1.82) is 0 Å². The van der Waals surface area contributed by atoms with Crippen molar-refractivity contribution in [2.75, 3.05) is 26.2 Å². The fourth-order valence-corrected chi connectivity index (χ4v) is 4.83. The van der Waals surface area contributed by atoms with Crippen molar-refractivity contribution in [3.63, 3.8) is 0 Å². The summed E-state index contributed by atoms with van der Waals surface area (Å²) in [4.78, 5) is 26.7. The molecule has 6 heteroatoms. The minimum Gasteiger partial charge on any atom is -0.361 e. The zero-order valence-corrected chi connectivity index (χ0v) is 17.4. The molecule has 2 fully saturated rings. The molecule has 2 atom stereocenters. The Labute approximate surface area is 182 Å². The van der Waals surface area contributed by atoms with Crippen LogP contribution in [0.15, 0.2) is 79.4 Å². The Balaban J connectivity index is 1.45. The molecule has 2 aliphatic rings. The molecule has 4 heterocycles. The quantitative estimate of drug-likeness (QED) is 0.643. The first kappa shape index (κ1) is 19.8. The summed E-state index contributed by atoms with van der Waals surface area (Å²) in [7, 11) is 0. The van der Waals surface area contributed by atoms with Crippen LogP contribution in [0, 0.1) is 0 Å². The summed E-state index contributed by atoms with van der Waals surface area (Å²) in [5.41, 5.74) is 2.43. The second-order valence-electron chi connectivity index (χ2n) is 8.32. The average molecular weight is 415 g/mol. The highest BCUT2D eigenvalue weighted by atomic mass is 16.5. The smallest absolute Gasteiger partial charge is 0.257 e. The SMILES string of the molecule is O=C1N(Cc2ccccc2)CCO[C@]12CN(Cc1cccnc1)C[C@@H]2c1cccnc1. The summed E-state index contributed by atoms with van der Waals surface area (Å²) in [5.74, 6) is 0.00841. The van der Waals surface area contributed by atoms with E-state index >= 15 is 0 Å². The maximum absolute atomic E-state index is 13.9. The number of hydrogen-bond acceptors (Lipinski definition) is 5. The number of rotatable bonds is 5. The van der Waals surface area contributed by atoms with Crippen LogP contribution in [-0.2, 0) is 22.6 Å². The second-order valence-corrected chi connectivity index (χ2v) is 8.32. The normalized spacial score (nSPS) is 24.1. The highest BCUT2D eigenvalue weighted by molar-refractivity contribution is 5.88. The molecule has 5 rings (SSSR count). The van der Waals surface area contributed by atoms with Crippen molar-refractivity contribution in [1.82, 2.24) is 19.8 Å². The van der Waals surface area contributed by atoms with Crippen molar-refractivity contribution in [3.05, 3.63) is 96.1 Å². The summed E-state index contributed by atoms with van der Waals surface area (Å²) in [6, 6.07) is 18.2. The Morgan fingerprint density at radius 1 is 0.935 bits per heavy atom. The monoisotopic (exact) mass is 414 g/mol. The third kappa shape index (κ3) is 3.96. The minimum absolute atomic E-state index is 0.0658. The lowest BCUT2D eigenvalue weighted by atomic mass is 9.83. The van der Waals surface area contributed by atoms with E-state index < -0.39 is 5.60 Å². The molecule has 31 heavy (non-hydrogen) atoms. The molecule has 0 radical (unpaired) electrons. The van der Waals surface area contributed by atoms with Gasteiger partial charge in [0, 0.05) is 63.4 Å². The number of hydrogen-bond donors (Lipinski definition) is 0. The number of pyridine rings is 2. The first-order valence-corrected chi connectivity index (χ1v) is 10.7. The number of amides is 1. The van der Waals surface area contributed by atoms with E-state index in [1.165, 1.54) is 0 Å². The van der Waals surface area contributed by atoms with Gasteiger partial charge in [-0.1, -0.05) is 42.5 Å². The van der Waals surface area contributed by atoms with E-state index in [1.54, 1.807) is 12.4 Å². The Bertz CT molecular complexity index is 1020. The van der Waals surface area contributed by atoms with Crippen LogP contribution in [0.3, 0.4) is 0 Å². The molecule has 0 saturated carbocycles. The Morgan fingerprint density at radius 3 is 2.45 bits per heavy atom. The van der Waals surface area contributed by atoms with Crippen molar-refractivity contribution >= 4 is 5.91 Å². The Kier molecular flexibility index (Phi) is 5.49. The molecule has 3 aromatic rings. The van der Waals surface area contributed by atoms with Gasteiger partial charge in [0.1, 0.15) is 0 Å². The number of carbonyl (C=O) groups is 1. The Hall–Kier alpha value is -3.09. The fourth-order valence-electron chi connectivity index (χ4n) is 4.83. The topological polar surface area (TPSA) is 58.6 Å². The molecule has 2 aliphatic heterocycles. The lowest BCUT2D eigenvalue weighted by Crippen LogP contribution is -2.59. The number of nitrogens with zero attached hydrogens (tertiary/aromatic N) is 4. The van der Waals surface area contributed by atoms with Crippen molar-refractivity contribution in [3.8, 4) is 0 Å². The lowest BCUT2D eigenvalue weighted by Gasteiger charge is -2.42. The van der Waals surface area contributed by atoms with Gasteiger partial charge in [-0.3, -0.25) is 19.7 Å². The fraction of sp³-hybridized carbons (Fsp3) is 0.320. The molecule has 1 amide bonds. The van der Waals surface area contributed by atoms with Crippen LogP contribution in [0.4, 0.5) is 0 Å². The first-order chi connectivity index (χ1) is 15.2. The van der Waals surface area contributed by atoms with Crippen molar-refractivity contribution in [2.24, 2.45) is 0 Å². The van der Waals surface area contributed by atoms with Crippen LogP contribution in [0.25, 0.3) is 0 Å². The number of carbonyl (C=O) groups excluding carboxylic acids is 1. The van der Waals surface area contributed by atoms with Gasteiger partial charge in [0.2, 0.25) is 0 Å².